The maximum Gasteiger partial charge on any atom is 0.123 e. The van der Waals surface area contributed by atoms with Gasteiger partial charge in [0, 0.05) is 18.5 Å². The van der Waals surface area contributed by atoms with Crippen LogP contribution in [0.3, 0.4) is 0 Å². The molecule has 3 N–H and O–H groups in total. The zero-order chi connectivity index (χ0) is 17.6. The number of rotatable bonds is 8. The number of benzene rings is 2. The molecule has 2 atom stereocenters. The monoisotopic (exact) mass is 333 g/mol. The van der Waals surface area contributed by atoms with Gasteiger partial charge < -0.3 is 20.3 Å². The predicted octanol–water partition coefficient (Wildman–Crippen LogP) is 2.24. The van der Waals surface area contributed by atoms with Gasteiger partial charge in [-0.25, -0.2) is 4.39 Å². The Morgan fingerprint density at radius 3 is 2.54 bits per heavy atom. The third-order valence-corrected chi connectivity index (χ3v) is 4.12. The van der Waals surface area contributed by atoms with Crippen molar-refractivity contribution in [1.82, 2.24) is 5.32 Å². The third kappa shape index (κ3) is 4.12. The number of ether oxygens (including phenoxy) is 1. The van der Waals surface area contributed by atoms with Crippen LogP contribution in [0.15, 0.2) is 48.5 Å². The first-order chi connectivity index (χ1) is 11.5. The first-order valence-electron chi connectivity index (χ1n) is 8.00. The van der Waals surface area contributed by atoms with E-state index in [0.29, 0.717) is 23.4 Å². The molecule has 0 amide bonds. The Kier molecular flexibility index (Phi) is 6.31. The summed E-state index contributed by atoms with van der Waals surface area (Å²) < 4.78 is 18.9. The van der Waals surface area contributed by atoms with E-state index in [9.17, 15) is 14.6 Å². The van der Waals surface area contributed by atoms with Crippen LogP contribution < -0.4 is 10.1 Å². The topological polar surface area (TPSA) is 61.7 Å². The molecule has 0 saturated carbocycles. The lowest BCUT2D eigenvalue weighted by Crippen LogP contribution is -2.47. The summed E-state index contributed by atoms with van der Waals surface area (Å²) in [6, 6.07) is 13.1. The van der Waals surface area contributed by atoms with Crippen molar-refractivity contribution in [2.24, 2.45) is 0 Å². The fourth-order valence-corrected chi connectivity index (χ4v) is 2.76. The highest BCUT2D eigenvalue weighted by atomic mass is 19.1. The second kappa shape index (κ2) is 8.24. The van der Waals surface area contributed by atoms with Crippen molar-refractivity contribution in [3.63, 3.8) is 0 Å². The van der Waals surface area contributed by atoms with Crippen molar-refractivity contribution >= 4 is 0 Å². The van der Waals surface area contributed by atoms with Crippen molar-refractivity contribution in [3.8, 4) is 5.75 Å². The largest absolute Gasteiger partial charge is 0.496 e. The zero-order valence-corrected chi connectivity index (χ0v) is 14.0. The summed E-state index contributed by atoms with van der Waals surface area (Å²) in [7, 11) is 1.49. The number of halogens is 1. The SMILES string of the molecule is CCNCC(O)[C@@](O)(Cc1cc(F)ccc1OC)c1ccccc1. The highest BCUT2D eigenvalue weighted by molar-refractivity contribution is 5.37. The predicted molar refractivity (Wildman–Crippen MR) is 91.5 cm³/mol. The van der Waals surface area contributed by atoms with Crippen LogP contribution in [0.25, 0.3) is 0 Å². The summed E-state index contributed by atoms with van der Waals surface area (Å²) in [5.74, 6) is 0.0591. The van der Waals surface area contributed by atoms with Crippen molar-refractivity contribution in [2.45, 2.75) is 25.0 Å². The van der Waals surface area contributed by atoms with Crippen molar-refractivity contribution in [1.29, 1.82) is 0 Å². The second-order valence-electron chi connectivity index (χ2n) is 5.75. The molecule has 24 heavy (non-hydrogen) atoms. The maximum absolute atomic E-state index is 13.7. The van der Waals surface area contributed by atoms with Crippen LogP contribution in [0.4, 0.5) is 4.39 Å². The molecule has 0 aromatic heterocycles. The van der Waals surface area contributed by atoms with Crippen LogP contribution in [0.1, 0.15) is 18.1 Å². The number of hydrogen-bond acceptors (Lipinski definition) is 4. The maximum atomic E-state index is 13.7. The van der Waals surface area contributed by atoms with Gasteiger partial charge in [0.25, 0.3) is 0 Å². The number of aliphatic hydroxyl groups is 2. The molecule has 0 aliphatic rings. The van der Waals surface area contributed by atoms with Gasteiger partial charge in [-0.2, -0.15) is 0 Å². The lowest BCUT2D eigenvalue weighted by Gasteiger charge is -2.34. The molecule has 1 unspecified atom stereocenters. The standard InChI is InChI=1S/C19H24FNO3/c1-3-21-13-18(22)19(23,15-7-5-4-6-8-15)12-14-11-16(20)9-10-17(14)24-2/h4-11,18,21-23H,3,12-13H2,1-2H3/t18?,19-/m1/s1. The van der Waals surface area contributed by atoms with Gasteiger partial charge in [0.05, 0.1) is 13.2 Å². The average molecular weight is 333 g/mol. The van der Waals surface area contributed by atoms with E-state index in [4.69, 9.17) is 4.74 Å². The van der Waals surface area contributed by atoms with Crippen LogP contribution in [0.5, 0.6) is 5.75 Å². The van der Waals surface area contributed by atoms with E-state index in [1.807, 2.05) is 13.0 Å². The van der Waals surface area contributed by atoms with Crippen LogP contribution in [-0.4, -0.2) is 36.5 Å². The van der Waals surface area contributed by atoms with Gasteiger partial charge in [-0.15, -0.1) is 0 Å². The summed E-state index contributed by atoms with van der Waals surface area (Å²) in [5, 5.41) is 24.9. The fraction of sp³-hybridized carbons (Fsp3) is 0.368. The van der Waals surface area contributed by atoms with Gasteiger partial charge in [0.1, 0.15) is 17.2 Å². The smallest absolute Gasteiger partial charge is 0.123 e. The lowest BCUT2D eigenvalue weighted by molar-refractivity contribution is -0.0789. The minimum Gasteiger partial charge on any atom is -0.496 e. The fourth-order valence-electron chi connectivity index (χ4n) is 2.76. The van der Waals surface area contributed by atoms with Crippen molar-refractivity contribution in [2.75, 3.05) is 20.2 Å². The Labute approximate surface area is 141 Å². The molecule has 0 bridgehead atoms. The highest BCUT2D eigenvalue weighted by Crippen LogP contribution is 2.33. The minimum absolute atomic E-state index is 0.0322. The second-order valence-corrected chi connectivity index (χ2v) is 5.75. The molecule has 5 heteroatoms. The molecule has 0 radical (unpaired) electrons. The third-order valence-electron chi connectivity index (χ3n) is 4.12. The van der Waals surface area contributed by atoms with Crippen LogP contribution >= 0.6 is 0 Å². The number of methoxy groups -OCH3 is 1. The van der Waals surface area contributed by atoms with Crippen LogP contribution in [-0.2, 0) is 12.0 Å². The van der Waals surface area contributed by atoms with Gasteiger partial charge in [-0.1, -0.05) is 37.3 Å². The highest BCUT2D eigenvalue weighted by Gasteiger charge is 2.38. The molecule has 0 aliphatic carbocycles. The summed E-state index contributed by atoms with van der Waals surface area (Å²) in [6.45, 7) is 2.81. The van der Waals surface area contributed by atoms with E-state index in [1.165, 1.54) is 25.3 Å². The Bertz CT molecular complexity index is 650. The summed E-state index contributed by atoms with van der Waals surface area (Å²) in [4.78, 5) is 0. The van der Waals surface area contributed by atoms with Crippen molar-refractivity contribution in [3.05, 3.63) is 65.5 Å². The molecule has 0 fully saturated rings. The van der Waals surface area contributed by atoms with E-state index >= 15 is 0 Å². The molecular weight excluding hydrogens is 309 g/mol. The number of nitrogens with one attached hydrogen (secondary N) is 1. The molecule has 4 nitrogen and oxygen atoms in total. The Balaban J connectivity index is 2.42. The average Bonchev–Trinajstić information content (AvgIpc) is 2.60. The molecule has 2 aromatic carbocycles. The van der Waals surface area contributed by atoms with E-state index in [1.54, 1.807) is 24.3 Å². The van der Waals surface area contributed by atoms with Gasteiger partial charge in [0.2, 0.25) is 0 Å². The van der Waals surface area contributed by atoms with Gasteiger partial charge in [0.15, 0.2) is 0 Å². The van der Waals surface area contributed by atoms with E-state index < -0.39 is 17.5 Å². The number of aliphatic hydroxyl groups excluding tert-OH is 1. The van der Waals surface area contributed by atoms with Crippen molar-refractivity contribution < 1.29 is 19.3 Å². The quantitative estimate of drug-likeness (QED) is 0.693. The Morgan fingerprint density at radius 2 is 1.92 bits per heavy atom. The summed E-state index contributed by atoms with van der Waals surface area (Å²) >= 11 is 0. The Hall–Kier alpha value is -1.95. The normalized spacial score (nSPS) is 14.9. The molecule has 0 aliphatic heterocycles. The molecule has 0 spiro atoms. The number of hydrogen-bond donors (Lipinski definition) is 3. The lowest BCUT2D eigenvalue weighted by atomic mass is 9.82. The Morgan fingerprint density at radius 1 is 1.21 bits per heavy atom. The molecule has 130 valence electrons. The van der Waals surface area contributed by atoms with E-state index in [0.717, 1.165) is 0 Å². The van der Waals surface area contributed by atoms with E-state index in [-0.39, 0.29) is 13.0 Å². The van der Waals surface area contributed by atoms with E-state index in [2.05, 4.69) is 5.32 Å². The minimum atomic E-state index is -1.56. The summed E-state index contributed by atoms with van der Waals surface area (Å²) in [6.07, 6.45) is -1.03. The van der Waals surface area contributed by atoms with Gasteiger partial charge >= 0.3 is 0 Å². The first-order valence-corrected chi connectivity index (χ1v) is 8.00. The van der Waals surface area contributed by atoms with Gasteiger partial charge in [-0.05, 0) is 30.3 Å². The molecule has 0 heterocycles. The summed E-state index contributed by atoms with van der Waals surface area (Å²) in [5.41, 5.74) is -0.494. The molecule has 2 rings (SSSR count). The first kappa shape index (κ1) is 18.4. The zero-order valence-electron chi connectivity index (χ0n) is 14.0. The number of likely N-dealkylation sites (N-methyl/N-ethyl adjacent to an activating group) is 1. The molecular formula is C19H24FNO3. The van der Waals surface area contributed by atoms with Crippen LogP contribution in [0.2, 0.25) is 0 Å². The molecule has 2 aromatic rings. The van der Waals surface area contributed by atoms with Crippen LogP contribution in [0, 0.1) is 5.82 Å². The molecule has 0 saturated heterocycles. The van der Waals surface area contributed by atoms with Gasteiger partial charge in [-0.3, -0.25) is 0 Å².